The molecule has 94 valence electrons. The van der Waals surface area contributed by atoms with Crippen LogP contribution in [0, 0.1) is 0 Å². The summed E-state index contributed by atoms with van der Waals surface area (Å²) in [5, 5.41) is 11.8. The lowest BCUT2D eigenvalue weighted by molar-refractivity contribution is 0.180. The van der Waals surface area contributed by atoms with Gasteiger partial charge in [0, 0.05) is 14.7 Å². The molecule has 1 aromatic heterocycles. The molecular weight excluding hydrogens is 312 g/mol. The number of aryl methyl sites for hydroxylation is 1. The third kappa shape index (κ3) is 2.46. The maximum atomic E-state index is 9.74. The number of fused-ring (bicyclic) bond motifs is 1. The van der Waals surface area contributed by atoms with Crippen molar-refractivity contribution in [3.8, 4) is 5.75 Å². The zero-order valence-corrected chi connectivity index (χ0v) is 12.1. The first kappa shape index (κ1) is 12.2. The van der Waals surface area contributed by atoms with E-state index in [0.717, 1.165) is 28.6 Å². The third-order valence-corrected chi connectivity index (χ3v) is 4.83. The van der Waals surface area contributed by atoms with Crippen LogP contribution in [0.3, 0.4) is 0 Å². The van der Waals surface area contributed by atoms with E-state index in [1.165, 1.54) is 10.4 Å². The first-order chi connectivity index (χ1) is 8.72. The van der Waals surface area contributed by atoms with Gasteiger partial charge in [-0.3, -0.25) is 0 Å². The minimum Gasteiger partial charge on any atom is -0.488 e. The highest BCUT2D eigenvalue weighted by Crippen LogP contribution is 2.33. The Morgan fingerprint density at radius 3 is 3.06 bits per heavy atom. The Balaban J connectivity index is 1.70. The summed E-state index contributed by atoms with van der Waals surface area (Å²) in [4.78, 5) is 1.20. The zero-order valence-electron chi connectivity index (χ0n) is 9.73. The van der Waals surface area contributed by atoms with Crippen molar-refractivity contribution < 1.29 is 9.84 Å². The van der Waals surface area contributed by atoms with Crippen LogP contribution in [-0.4, -0.2) is 5.11 Å². The maximum Gasteiger partial charge on any atom is 0.122 e. The van der Waals surface area contributed by atoms with Crippen LogP contribution in [0.25, 0.3) is 0 Å². The van der Waals surface area contributed by atoms with E-state index in [2.05, 4.69) is 27.4 Å². The lowest BCUT2D eigenvalue weighted by Crippen LogP contribution is -1.95. The van der Waals surface area contributed by atoms with Gasteiger partial charge in [-0.15, -0.1) is 11.3 Å². The van der Waals surface area contributed by atoms with E-state index in [0.29, 0.717) is 6.61 Å². The van der Waals surface area contributed by atoms with Gasteiger partial charge in [0.1, 0.15) is 12.4 Å². The topological polar surface area (TPSA) is 29.5 Å². The van der Waals surface area contributed by atoms with Gasteiger partial charge in [0.2, 0.25) is 0 Å². The van der Waals surface area contributed by atoms with Gasteiger partial charge in [0.05, 0.1) is 6.10 Å². The number of aliphatic hydroxyl groups is 1. The largest absolute Gasteiger partial charge is 0.488 e. The SMILES string of the molecule is OC1CCc2cc(OCc3cc(Br)cs3)ccc21. The highest BCUT2D eigenvalue weighted by molar-refractivity contribution is 9.10. The number of hydrogen-bond donors (Lipinski definition) is 1. The standard InChI is InChI=1S/C14H13BrO2S/c15-10-6-12(18-8-10)7-17-11-2-3-13-9(5-11)1-4-14(13)16/h2-3,5-6,8,14,16H,1,4,7H2. The molecule has 1 aliphatic carbocycles. The van der Waals surface area contributed by atoms with Crippen LogP contribution in [0.5, 0.6) is 5.75 Å². The van der Waals surface area contributed by atoms with Gasteiger partial charge >= 0.3 is 0 Å². The van der Waals surface area contributed by atoms with Crippen molar-refractivity contribution in [3.63, 3.8) is 0 Å². The van der Waals surface area contributed by atoms with Crippen LogP contribution >= 0.6 is 27.3 Å². The first-order valence-electron chi connectivity index (χ1n) is 5.89. The molecular formula is C14H13BrO2S. The third-order valence-electron chi connectivity index (χ3n) is 3.16. The predicted octanol–water partition coefficient (Wildman–Crippen LogP) is 4.07. The van der Waals surface area contributed by atoms with E-state index >= 15 is 0 Å². The highest BCUT2D eigenvalue weighted by Gasteiger charge is 2.20. The molecule has 2 aromatic rings. The average Bonchev–Trinajstić information content (AvgIpc) is 2.94. The molecule has 0 amide bonds. The van der Waals surface area contributed by atoms with E-state index in [4.69, 9.17) is 4.74 Å². The van der Waals surface area contributed by atoms with Crippen molar-refractivity contribution in [1.29, 1.82) is 0 Å². The van der Waals surface area contributed by atoms with E-state index < -0.39 is 0 Å². The molecule has 0 saturated carbocycles. The van der Waals surface area contributed by atoms with Crippen molar-refractivity contribution in [2.24, 2.45) is 0 Å². The smallest absolute Gasteiger partial charge is 0.122 e. The molecule has 0 spiro atoms. The zero-order chi connectivity index (χ0) is 12.5. The van der Waals surface area contributed by atoms with Gasteiger partial charge in [-0.05, 0) is 58.1 Å². The van der Waals surface area contributed by atoms with Gasteiger partial charge in [-0.25, -0.2) is 0 Å². The van der Waals surface area contributed by atoms with Gasteiger partial charge in [-0.2, -0.15) is 0 Å². The Morgan fingerprint density at radius 1 is 1.39 bits per heavy atom. The van der Waals surface area contributed by atoms with Crippen molar-refractivity contribution in [2.45, 2.75) is 25.6 Å². The van der Waals surface area contributed by atoms with Crippen LogP contribution in [0.2, 0.25) is 0 Å². The molecule has 4 heteroatoms. The van der Waals surface area contributed by atoms with Crippen LogP contribution in [-0.2, 0) is 13.0 Å². The van der Waals surface area contributed by atoms with Crippen LogP contribution < -0.4 is 4.74 Å². The number of halogens is 1. The molecule has 2 nitrogen and oxygen atoms in total. The number of hydrogen-bond acceptors (Lipinski definition) is 3. The molecule has 0 bridgehead atoms. The summed E-state index contributed by atoms with van der Waals surface area (Å²) in [5.41, 5.74) is 2.27. The predicted molar refractivity (Wildman–Crippen MR) is 76.1 cm³/mol. The number of thiophene rings is 1. The quantitative estimate of drug-likeness (QED) is 0.922. The average molecular weight is 325 g/mol. The van der Waals surface area contributed by atoms with E-state index in [-0.39, 0.29) is 6.10 Å². The minimum absolute atomic E-state index is 0.290. The molecule has 0 radical (unpaired) electrons. The second-order valence-electron chi connectivity index (χ2n) is 4.44. The molecule has 0 fully saturated rings. The summed E-state index contributed by atoms with van der Waals surface area (Å²) in [6.45, 7) is 0.595. The summed E-state index contributed by atoms with van der Waals surface area (Å²) in [6.07, 6.45) is 1.48. The van der Waals surface area contributed by atoms with Crippen molar-refractivity contribution >= 4 is 27.3 Å². The van der Waals surface area contributed by atoms with Crippen molar-refractivity contribution in [3.05, 3.63) is 50.1 Å². The second kappa shape index (κ2) is 5.03. The Morgan fingerprint density at radius 2 is 2.28 bits per heavy atom. The molecule has 18 heavy (non-hydrogen) atoms. The van der Waals surface area contributed by atoms with E-state index in [9.17, 15) is 5.11 Å². The van der Waals surface area contributed by atoms with E-state index in [1.807, 2.05) is 18.2 Å². The molecule has 1 atom stereocenters. The summed E-state index contributed by atoms with van der Waals surface area (Å²) in [5.74, 6) is 0.882. The normalized spacial score (nSPS) is 17.8. The summed E-state index contributed by atoms with van der Waals surface area (Å²) < 4.78 is 6.87. The Kier molecular flexibility index (Phi) is 3.41. The lowest BCUT2D eigenvalue weighted by Gasteiger charge is -2.08. The number of aliphatic hydroxyl groups excluding tert-OH is 1. The van der Waals surface area contributed by atoms with Crippen molar-refractivity contribution in [1.82, 2.24) is 0 Å². The molecule has 1 aliphatic rings. The monoisotopic (exact) mass is 324 g/mol. The summed E-state index contributed by atoms with van der Waals surface area (Å²) in [7, 11) is 0. The van der Waals surface area contributed by atoms with Crippen LogP contribution in [0.15, 0.2) is 34.1 Å². The van der Waals surface area contributed by atoms with Gasteiger partial charge in [0.25, 0.3) is 0 Å². The van der Waals surface area contributed by atoms with Gasteiger partial charge in [-0.1, -0.05) is 6.07 Å². The van der Waals surface area contributed by atoms with E-state index in [1.54, 1.807) is 11.3 Å². The molecule has 0 aliphatic heterocycles. The number of ether oxygens (including phenoxy) is 1. The Hall–Kier alpha value is -0.840. The second-order valence-corrected chi connectivity index (χ2v) is 6.35. The van der Waals surface area contributed by atoms with Crippen molar-refractivity contribution in [2.75, 3.05) is 0 Å². The fourth-order valence-corrected chi connectivity index (χ4v) is 3.61. The van der Waals surface area contributed by atoms with Gasteiger partial charge < -0.3 is 9.84 Å². The molecule has 0 saturated heterocycles. The number of benzene rings is 1. The fourth-order valence-electron chi connectivity index (χ4n) is 2.25. The molecule has 1 heterocycles. The molecule has 1 aromatic carbocycles. The molecule has 1 unspecified atom stereocenters. The highest BCUT2D eigenvalue weighted by atomic mass is 79.9. The first-order valence-corrected chi connectivity index (χ1v) is 7.56. The maximum absolute atomic E-state index is 9.74. The Labute approximate surface area is 118 Å². The number of rotatable bonds is 3. The minimum atomic E-state index is -0.290. The van der Waals surface area contributed by atoms with Crippen LogP contribution in [0.1, 0.15) is 28.5 Å². The molecule has 1 N–H and O–H groups in total. The summed E-state index contributed by atoms with van der Waals surface area (Å²) >= 11 is 5.12. The Bertz CT molecular complexity index is 565. The fraction of sp³-hybridized carbons (Fsp3) is 0.286. The lowest BCUT2D eigenvalue weighted by atomic mass is 10.1. The molecule has 3 rings (SSSR count). The van der Waals surface area contributed by atoms with Gasteiger partial charge in [0.15, 0.2) is 0 Å². The van der Waals surface area contributed by atoms with Crippen LogP contribution in [0.4, 0.5) is 0 Å². The summed E-state index contributed by atoms with van der Waals surface area (Å²) in [6, 6.07) is 8.04.